The number of fused-ring (bicyclic) bond motifs is 8. The molecule has 0 bridgehead atoms. The summed E-state index contributed by atoms with van der Waals surface area (Å²) in [6, 6.07) is 102. The topological polar surface area (TPSA) is 0 Å². The van der Waals surface area contributed by atoms with Gasteiger partial charge in [0.05, 0.1) is 0 Å². The molecule has 0 fully saturated rings. The van der Waals surface area contributed by atoms with E-state index in [1.54, 1.807) is 0 Å². The number of hydrogen-bond acceptors (Lipinski definition) is 0. The van der Waals surface area contributed by atoms with Crippen LogP contribution in [0.5, 0.6) is 0 Å². The second-order valence-electron chi connectivity index (χ2n) is 24.8. The van der Waals surface area contributed by atoms with Gasteiger partial charge >= 0.3 is 69.7 Å². The molecule has 16 aromatic rings. The van der Waals surface area contributed by atoms with Crippen LogP contribution in [0.4, 0.5) is 0 Å². The molecule has 0 aliphatic heterocycles. The SMILES string of the molecule is CC(C)c1cc2c(-c3cccc4ccccc34)cccc2[cH-]1.CC(C)c1cc2c(-c3cccc4ccccc34)cccc2[cH-]1.C[CH]=[Zr+2].C[CH]=[Zr+2].Cc1cc2c(-c3cccc4ccccc34)ccc(C)c2[cH-]1.Cc1cc2c(-c3cccc4ccccc34)ccc(C)c2[cH-]1.[Cl-].[Cl-]. The minimum Gasteiger partial charge on any atom is -1.00 e. The molecule has 16 aromatic carbocycles. The molecule has 94 heavy (non-hydrogen) atoms. The second-order valence-corrected chi connectivity index (χ2v) is 27.6. The molecule has 0 atom stereocenters. The van der Waals surface area contributed by atoms with Crippen LogP contribution in [0.2, 0.25) is 0 Å². The van der Waals surface area contributed by atoms with E-state index < -0.39 is 0 Å². The van der Waals surface area contributed by atoms with Gasteiger partial charge in [-0.2, -0.15) is 24.3 Å². The third-order valence-corrected chi connectivity index (χ3v) is 17.7. The van der Waals surface area contributed by atoms with Gasteiger partial charge in [-0.3, -0.25) is 0 Å². The second kappa shape index (κ2) is 32.6. The minimum atomic E-state index is 0. The summed E-state index contributed by atoms with van der Waals surface area (Å²) in [7, 11) is 0. The van der Waals surface area contributed by atoms with E-state index in [2.05, 4.69) is 342 Å². The number of aryl methyl sites for hydroxylation is 4. The summed E-state index contributed by atoms with van der Waals surface area (Å²) < 4.78 is 4.18. The van der Waals surface area contributed by atoms with Crippen molar-refractivity contribution in [1.82, 2.24) is 0 Å². The first kappa shape index (κ1) is 70.5. The standard InChI is InChI=1S/2C22H19.2C21H17.2C2H4.2ClH.2Zr/c2*1-15(2)18-13-17-9-6-12-21(22(17)14-18)20-11-5-8-16-7-3-4-10-19(16)20;2*1-14-12-20-15(2)10-11-19(21(20)13-14)18-9-5-7-16-6-3-4-8-17(16)18;2*1-2;;;;/h2*3-15H,1-2H3;2*3-13H,1-2H3;2*1H,2H3;2*1H;;/q4*-1;;;;;2*+2/p-2. The Morgan fingerprint density at radius 2 is 0.521 bits per heavy atom. The molecule has 0 unspecified atom stereocenters. The maximum atomic E-state index is 2.36. The molecule has 0 saturated carbocycles. The zero-order valence-electron chi connectivity index (χ0n) is 55.6. The molecule has 464 valence electrons. The fourth-order valence-electron chi connectivity index (χ4n) is 13.1. The summed E-state index contributed by atoms with van der Waals surface area (Å²) >= 11 is 3.02. The van der Waals surface area contributed by atoms with Crippen molar-refractivity contribution in [3.63, 3.8) is 0 Å². The summed E-state index contributed by atoms with van der Waals surface area (Å²) in [5.41, 5.74) is 18.8. The molecule has 0 nitrogen and oxygen atoms in total. The van der Waals surface area contributed by atoms with Gasteiger partial charge in [0.1, 0.15) is 0 Å². The monoisotopic (exact) mass is 1410 g/mol. The fraction of sp³-hybridized carbons (Fsp3) is 0.133. The van der Waals surface area contributed by atoms with Crippen molar-refractivity contribution >= 4 is 93.6 Å². The van der Waals surface area contributed by atoms with Crippen LogP contribution in [0.25, 0.3) is 131 Å². The van der Waals surface area contributed by atoms with Gasteiger partial charge in [-0.15, -0.1) is 137 Å². The molecular formula is C90H80Cl2Zr2-2. The van der Waals surface area contributed by atoms with Gasteiger partial charge in [0, 0.05) is 0 Å². The summed E-state index contributed by atoms with van der Waals surface area (Å²) in [6.07, 6.45) is 0. The number of halogens is 2. The van der Waals surface area contributed by atoms with Crippen molar-refractivity contribution < 1.29 is 73.3 Å². The average molecular weight is 1410 g/mol. The van der Waals surface area contributed by atoms with E-state index in [4.69, 9.17) is 0 Å². The molecule has 0 aliphatic rings. The van der Waals surface area contributed by atoms with Crippen LogP contribution in [0, 0.1) is 27.7 Å². The summed E-state index contributed by atoms with van der Waals surface area (Å²) in [5.74, 6) is 1.13. The van der Waals surface area contributed by atoms with Crippen LogP contribution in [0.1, 0.15) is 86.8 Å². The minimum absolute atomic E-state index is 0. The molecule has 4 heteroatoms. The Balaban J connectivity index is 0.000000142. The van der Waals surface area contributed by atoms with Crippen molar-refractivity contribution in [1.29, 1.82) is 0 Å². The van der Waals surface area contributed by atoms with Crippen molar-refractivity contribution in [3.8, 4) is 44.5 Å². The zero-order chi connectivity index (χ0) is 64.4. The van der Waals surface area contributed by atoms with E-state index in [1.165, 1.54) is 213 Å². The Bertz CT molecular complexity index is 4900. The Kier molecular flexibility index (Phi) is 24.4. The van der Waals surface area contributed by atoms with Gasteiger partial charge in [-0.1, -0.05) is 272 Å². The van der Waals surface area contributed by atoms with Gasteiger partial charge in [-0.25, -0.2) is 0 Å². The molecule has 0 spiro atoms. The smallest absolute Gasteiger partial charge is 0.0114 e. The van der Waals surface area contributed by atoms with Crippen LogP contribution in [-0.2, 0) is 48.5 Å². The van der Waals surface area contributed by atoms with Crippen molar-refractivity contribution in [2.24, 2.45) is 0 Å². The normalized spacial score (nSPS) is 10.8. The van der Waals surface area contributed by atoms with Gasteiger partial charge in [0.2, 0.25) is 0 Å². The summed E-state index contributed by atoms with van der Waals surface area (Å²) in [4.78, 5) is 0. The number of rotatable bonds is 6. The quantitative estimate of drug-likeness (QED) is 0.146. The molecule has 0 aliphatic carbocycles. The van der Waals surface area contributed by atoms with Crippen LogP contribution in [0.15, 0.2) is 279 Å². The van der Waals surface area contributed by atoms with Gasteiger partial charge in [0.25, 0.3) is 0 Å². The molecule has 0 radical (unpaired) electrons. The summed E-state index contributed by atoms with van der Waals surface area (Å²) in [6.45, 7) is 21.8. The first-order valence-electron chi connectivity index (χ1n) is 32.3. The van der Waals surface area contributed by atoms with Gasteiger partial charge in [-0.05, 0) is 77.2 Å². The Morgan fingerprint density at radius 1 is 0.277 bits per heavy atom. The fourth-order valence-corrected chi connectivity index (χ4v) is 13.1. The molecule has 0 heterocycles. The molecule has 0 N–H and O–H groups in total. The Hall–Kier alpha value is -7.79. The Morgan fingerprint density at radius 3 is 0.809 bits per heavy atom. The largest absolute Gasteiger partial charge is 1.00 e. The maximum absolute atomic E-state index is 2.36. The van der Waals surface area contributed by atoms with E-state index in [0.717, 1.165) is 0 Å². The first-order chi connectivity index (χ1) is 44.8. The third kappa shape index (κ3) is 15.5. The predicted octanol–water partition coefficient (Wildman–Crippen LogP) is 19.7. The van der Waals surface area contributed by atoms with E-state index in [0.29, 0.717) is 11.8 Å². The van der Waals surface area contributed by atoms with Crippen LogP contribution in [0.3, 0.4) is 0 Å². The summed E-state index contributed by atoms with van der Waals surface area (Å²) in [5, 5.41) is 21.4. The van der Waals surface area contributed by atoms with E-state index in [9.17, 15) is 0 Å². The van der Waals surface area contributed by atoms with Crippen LogP contribution >= 0.6 is 0 Å². The van der Waals surface area contributed by atoms with Crippen LogP contribution < -0.4 is 24.8 Å². The predicted molar refractivity (Wildman–Crippen MR) is 401 cm³/mol. The zero-order valence-corrected chi connectivity index (χ0v) is 62.1. The van der Waals surface area contributed by atoms with E-state index in [-0.39, 0.29) is 24.8 Å². The number of hydrogen-bond donors (Lipinski definition) is 0. The third-order valence-electron chi connectivity index (χ3n) is 17.7. The van der Waals surface area contributed by atoms with E-state index in [1.807, 2.05) is 13.8 Å². The number of benzene rings is 12. The maximum Gasteiger partial charge on any atom is -0.0114 e. The molecule has 0 amide bonds. The van der Waals surface area contributed by atoms with Crippen molar-refractivity contribution in [2.45, 2.75) is 81.1 Å². The first-order valence-corrected chi connectivity index (χ1v) is 35.2. The van der Waals surface area contributed by atoms with E-state index >= 15 is 0 Å². The van der Waals surface area contributed by atoms with Gasteiger partial charge in [0.15, 0.2) is 0 Å². The molecule has 0 saturated heterocycles. The molecule has 16 rings (SSSR count). The van der Waals surface area contributed by atoms with Crippen molar-refractivity contribution in [2.75, 3.05) is 0 Å². The average Bonchev–Trinajstić information content (AvgIpc) is 1.53. The molecular weight excluding hydrogens is 1330 g/mol. The van der Waals surface area contributed by atoms with Crippen molar-refractivity contribution in [3.05, 3.63) is 312 Å². The van der Waals surface area contributed by atoms with Crippen LogP contribution in [-0.4, -0.2) is 7.42 Å². The van der Waals surface area contributed by atoms with Gasteiger partial charge < -0.3 is 24.8 Å². The Labute approximate surface area is 599 Å². The molecule has 0 aromatic heterocycles.